The number of halogens is 1. The fourth-order valence-corrected chi connectivity index (χ4v) is 2.90. The van der Waals surface area contributed by atoms with Gasteiger partial charge < -0.3 is 15.2 Å². The maximum Gasteiger partial charge on any atom is 0.328 e. The average Bonchev–Trinajstić information content (AvgIpc) is 2.64. The maximum atomic E-state index is 10.9. The molecule has 0 spiro atoms. The van der Waals surface area contributed by atoms with E-state index in [1.807, 2.05) is 48.5 Å². The summed E-state index contributed by atoms with van der Waals surface area (Å²) in [5, 5.41) is 13.2. The molecule has 0 radical (unpaired) electrons. The second-order valence-electron chi connectivity index (χ2n) is 5.64. The van der Waals surface area contributed by atoms with E-state index >= 15 is 0 Å². The topological polar surface area (TPSA) is 71.5 Å². The van der Waals surface area contributed by atoms with E-state index in [1.54, 1.807) is 13.2 Å². The molecule has 1 heterocycles. The molecule has 26 heavy (non-hydrogen) atoms. The highest BCUT2D eigenvalue weighted by molar-refractivity contribution is 9.10. The Balaban J connectivity index is 1.91. The molecule has 0 aliphatic carbocycles. The number of aliphatic carboxylic acids is 1. The number of rotatable bonds is 6. The van der Waals surface area contributed by atoms with E-state index < -0.39 is 5.97 Å². The van der Waals surface area contributed by atoms with Crippen LogP contribution < -0.4 is 10.1 Å². The van der Waals surface area contributed by atoms with E-state index in [2.05, 4.69) is 26.2 Å². The van der Waals surface area contributed by atoms with E-state index in [-0.39, 0.29) is 0 Å². The molecular weight excluding hydrogens is 396 g/mol. The van der Waals surface area contributed by atoms with Gasteiger partial charge in [0.05, 0.1) is 12.6 Å². The predicted molar refractivity (Wildman–Crippen MR) is 106 cm³/mol. The van der Waals surface area contributed by atoms with Gasteiger partial charge in [-0.1, -0.05) is 28.1 Å². The molecule has 0 unspecified atom stereocenters. The normalized spacial score (nSPS) is 11.0. The molecule has 0 atom stereocenters. The summed E-state index contributed by atoms with van der Waals surface area (Å²) < 4.78 is 6.11. The lowest BCUT2D eigenvalue weighted by Gasteiger charge is -2.11. The van der Waals surface area contributed by atoms with Crippen LogP contribution >= 0.6 is 15.9 Å². The van der Waals surface area contributed by atoms with Crippen molar-refractivity contribution in [3.63, 3.8) is 0 Å². The second kappa shape index (κ2) is 8.01. The van der Waals surface area contributed by atoms with Crippen molar-refractivity contribution in [3.8, 4) is 5.75 Å². The van der Waals surface area contributed by atoms with Crippen molar-refractivity contribution < 1.29 is 14.6 Å². The lowest BCUT2D eigenvalue weighted by atomic mass is 10.1. The van der Waals surface area contributed by atoms with Crippen molar-refractivity contribution in [1.82, 2.24) is 4.98 Å². The number of hydrogen-bond acceptors (Lipinski definition) is 4. The number of pyridine rings is 1. The summed E-state index contributed by atoms with van der Waals surface area (Å²) in [6, 6.07) is 15.4. The first-order valence-electron chi connectivity index (χ1n) is 7.93. The highest BCUT2D eigenvalue weighted by Crippen LogP contribution is 2.25. The van der Waals surface area contributed by atoms with Crippen LogP contribution in [0.1, 0.15) is 11.1 Å². The predicted octanol–water partition coefficient (Wildman–Crippen LogP) is 4.72. The Morgan fingerprint density at radius 3 is 2.69 bits per heavy atom. The molecule has 0 amide bonds. The van der Waals surface area contributed by atoms with E-state index in [1.165, 1.54) is 0 Å². The minimum Gasteiger partial charge on any atom is -0.497 e. The first-order valence-corrected chi connectivity index (χ1v) is 8.72. The van der Waals surface area contributed by atoms with E-state index in [4.69, 9.17) is 9.84 Å². The molecule has 0 saturated carbocycles. The number of fused-ring (bicyclic) bond motifs is 1. The summed E-state index contributed by atoms with van der Waals surface area (Å²) in [6.45, 7) is 0.562. The lowest BCUT2D eigenvalue weighted by Crippen LogP contribution is -2.04. The van der Waals surface area contributed by atoms with Gasteiger partial charge in [-0.3, -0.25) is 0 Å². The third kappa shape index (κ3) is 4.40. The maximum absolute atomic E-state index is 10.9. The Morgan fingerprint density at radius 2 is 2.00 bits per heavy atom. The van der Waals surface area contributed by atoms with Crippen LogP contribution in [0.25, 0.3) is 17.0 Å². The van der Waals surface area contributed by atoms with Crippen molar-refractivity contribution >= 4 is 44.7 Å². The molecule has 0 saturated heterocycles. The monoisotopic (exact) mass is 412 g/mol. The molecule has 3 rings (SSSR count). The fraction of sp³-hybridized carbons (Fsp3) is 0.100. The third-order valence-corrected chi connectivity index (χ3v) is 4.32. The molecule has 132 valence electrons. The zero-order valence-corrected chi connectivity index (χ0v) is 15.7. The first kappa shape index (κ1) is 17.9. The van der Waals surface area contributed by atoms with Gasteiger partial charge in [-0.25, -0.2) is 9.78 Å². The number of anilines is 1. The average molecular weight is 413 g/mol. The Kier molecular flexibility index (Phi) is 5.53. The number of carboxylic acids is 1. The van der Waals surface area contributed by atoms with Gasteiger partial charge in [0.2, 0.25) is 0 Å². The van der Waals surface area contributed by atoms with Gasteiger partial charge in [0.25, 0.3) is 0 Å². The number of benzene rings is 2. The molecule has 1 aromatic heterocycles. The summed E-state index contributed by atoms with van der Waals surface area (Å²) in [5.74, 6) is 0.432. The molecule has 0 aliphatic rings. The molecule has 0 fully saturated rings. The SMILES string of the molecule is COc1ccc(CNc2nc3ccc(Br)cc3cc2C=CC(=O)O)cc1. The van der Waals surface area contributed by atoms with E-state index in [0.29, 0.717) is 17.9 Å². The number of carbonyl (C=O) groups is 1. The second-order valence-corrected chi connectivity index (χ2v) is 6.55. The Hall–Kier alpha value is -2.86. The van der Waals surface area contributed by atoms with Gasteiger partial charge in [0.1, 0.15) is 11.6 Å². The van der Waals surface area contributed by atoms with Gasteiger partial charge in [-0.15, -0.1) is 0 Å². The van der Waals surface area contributed by atoms with Crippen molar-refractivity contribution in [3.05, 3.63) is 70.2 Å². The van der Waals surface area contributed by atoms with Crippen LogP contribution in [0.15, 0.2) is 59.1 Å². The quantitative estimate of drug-likeness (QED) is 0.573. The highest BCUT2D eigenvalue weighted by atomic mass is 79.9. The van der Waals surface area contributed by atoms with Gasteiger partial charge in [-0.05, 0) is 48.0 Å². The molecular formula is C20H17BrN2O3. The van der Waals surface area contributed by atoms with Crippen LogP contribution in [0.5, 0.6) is 5.75 Å². The summed E-state index contributed by atoms with van der Waals surface area (Å²) in [4.78, 5) is 15.5. The Labute approximate surface area is 159 Å². The van der Waals surface area contributed by atoms with Crippen LogP contribution in [0.3, 0.4) is 0 Å². The van der Waals surface area contributed by atoms with Crippen molar-refractivity contribution in [1.29, 1.82) is 0 Å². The zero-order valence-electron chi connectivity index (χ0n) is 14.1. The zero-order chi connectivity index (χ0) is 18.5. The number of carboxylic acid groups (broad SMARTS) is 1. The number of methoxy groups -OCH3 is 1. The Morgan fingerprint density at radius 1 is 1.23 bits per heavy atom. The van der Waals surface area contributed by atoms with Crippen LogP contribution in [-0.2, 0) is 11.3 Å². The lowest BCUT2D eigenvalue weighted by molar-refractivity contribution is -0.131. The molecule has 2 N–H and O–H groups in total. The molecule has 2 aromatic carbocycles. The number of nitrogens with one attached hydrogen (secondary N) is 1. The van der Waals surface area contributed by atoms with Gasteiger partial charge in [-0.2, -0.15) is 0 Å². The largest absolute Gasteiger partial charge is 0.497 e. The van der Waals surface area contributed by atoms with E-state index in [0.717, 1.165) is 32.8 Å². The van der Waals surface area contributed by atoms with Crippen LogP contribution in [0.4, 0.5) is 5.82 Å². The number of ether oxygens (including phenoxy) is 1. The minimum atomic E-state index is -1.000. The third-order valence-electron chi connectivity index (χ3n) is 3.83. The number of nitrogens with zero attached hydrogens (tertiary/aromatic N) is 1. The highest BCUT2D eigenvalue weighted by Gasteiger charge is 2.06. The first-order chi connectivity index (χ1) is 12.5. The molecule has 6 heteroatoms. The van der Waals surface area contributed by atoms with Crippen LogP contribution in [-0.4, -0.2) is 23.2 Å². The van der Waals surface area contributed by atoms with E-state index in [9.17, 15) is 4.79 Å². The molecule has 0 bridgehead atoms. The van der Waals surface area contributed by atoms with Gasteiger partial charge in [0, 0.05) is 28.0 Å². The minimum absolute atomic E-state index is 0.562. The fourth-order valence-electron chi connectivity index (χ4n) is 2.52. The summed E-state index contributed by atoms with van der Waals surface area (Å²) >= 11 is 3.44. The van der Waals surface area contributed by atoms with Crippen LogP contribution in [0, 0.1) is 0 Å². The van der Waals surface area contributed by atoms with Gasteiger partial charge >= 0.3 is 5.97 Å². The van der Waals surface area contributed by atoms with Crippen LogP contribution in [0.2, 0.25) is 0 Å². The molecule has 3 aromatic rings. The number of hydrogen-bond donors (Lipinski definition) is 2. The smallest absolute Gasteiger partial charge is 0.328 e. The van der Waals surface area contributed by atoms with Crippen molar-refractivity contribution in [2.24, 2.45) is 0 Å². The molecule has 5 nitrogen and oxygen atoms in total. The standard InChI is InChI=1S/C20H17BrN2O3/c1-26-17-6-2-13(3-7-17)12-22-20-14(4-9-19(24)25)10-15-11-16(21)5-8-18(15)23-20/h2-11H,12H2,1H3,(H,22,23)(H,24,25). The Bertz CT molecular complexity index is 969. The summed E-state index contributed by atoms with van der Waals surface area (Å²) in [7, 11) is 1.63. The van der Waals surface area contributed by atoms with Crippen molar-refractivity contribution in [2.75, 3.05) is 12.4 Å². The van der Waals surface area contributed by atoms with Crippen molar-refractivity contribution in [2.45, 2.75) is 6.54 Å². The number of aromatic nitrogens is 1. The molecule has 0 aliphatic heterocycles. The summed E-state index contributed by atoms with van der Waals surface area (Å²) in [6.07, 6.45) is 2.66. The summed E-state index contributed by atoms with van der Waals surface area (Å²) in [5.41, 5.74) is 2.61. The van der Waals surface area contributed by atoms with Gasteiger partial charge in [0.15, 0.2) is 0 Å².